The van der Waals surface area contributed by atoms with E-state index in [4.69, 9.17) is 9.84 Å². The number of hydrogen-bond acceptors (Lipinski definition) is 2. The summed E-state index contributed by atoms with van der Waals surface area (Å²) in [6, 6.07) is 9.85. The van der Waals surface area contributed by atoms with Crippen molar-refractivity contribution >= 4 is 5.97 Å². The van der Waals surface area contributed by atoms with Gasteiger partial charge in [0.1, 0.15) is 11.9 Å². The van der Waals surface area contributed by atoms with Crippen LogP contribution >= 0.6 is 0 Å². The molecule has 1 aromatic rings. The van der Waals surface area contributed by atoms with Crippen LogP contribution in [-0.2, 0) is 9.53 Å². The molecule has 0 saturated carbocycles. The van der Waals surface area contributed by atoms with Crippen LogP contribution in [0, 0.1) is 0 Å². The van der Waals surface area contributed by atoms with E-state index in [1.807, 2.05) is 30.3 Å². The van der Waals surface area contributed by atoms with Crippen molar-refractivity contribution in [2.45, 2.75) is 18.9 Å². The summed E-state index contributed by atoms with van der Waals surface area (Å²) in [5.74, 6) is -0.380. The lowest BCUT2D eigenvalue weighted by atomic mass is 10.1. The molecule has 0 bridgehead atoms. The first-order valence-corrected chi connectivity index (χ1v) is 4.91. The molecule has 1 saturated heterocycles. The maximum atomic E-state index is 10.4. The fourth-order valence-electron chi connectivity index (χ4n) is 1.72. The lowest BCUT2D eigenvalue weighted by Crippen LogP contribution is -1.95. The molecule has 3 heteroatoms. The van der Waals surface area contributed by atoms with Gasteiger partial charge < -0.3 is 9.84 Å². The first kappa shape index (κ1) is 9.77. The van der Waals surface area contributed by atoms with E-state index in [1.54, 1.807) is 0 Å². The predicted molar refractivity (Wildman–Crippen MR) is 55.2 cm³/mol. The minimum Gasteiger partial charge on any atom is -0.490 e. The van der Waals surface area contributed by atoms with Gasteiger partial charge >= 0.3 is 5.97 Å². The maximum absolute atomic E-state index is 10.4. The molecule has 1 N–H and O–H groups in total. The number of allylic oxidation sites excluding steroid dienone is 1. The number of ether oxygens (including phenoxy) is 1. The Balaban J connectivity index is 2.08. The number of aliphatic carboxylic acids is 1. The zero-order valence-electron chi connectivity index (χ0n) is 8.22. The van der Waals surface area contributed by atoms with Crippen LogP contribution in [0.2, 0.25) is 0 Å². The molecule has 0 aliphatic carbocycles. The Kier molecular flexibility index (Phi) is 2.72. The van der Waals surface area contributed by atoms with Gasteiger partial charge in [-0.25, -0.2) is 4.79 Å². The summed E-state index contributed by atoms with van der Waals surface area (Å²) in [6.07, 6.45) is 2.70. The van der Waals surface area contributed by atoms with Crippen LogP contribution < -0.4 is 0 Å². The quantitative estimate of drug-likeness (QED) is 0.753. The van der Waals surface area contributed by atoms with Gasteiger partial charge in [-0.2, -0.15) is 0 Å². The largest absolute Gasteiger partial charge is 0.490 e. The first-order valence-electron chi connectivity index (χ1n) is 4.91. The van der Waals surface area contributed by atoms with Crippen molar-refractivity contribution in [1.82, 2.24) is 0 Å². The third kappa shape index (κ3) is 2.37. The van der Waals surface area contributed by atoms with Crippen LogP contribution in [0.15, 0.2) is 42.2 Å². The zero-order valence-corrected chi connectivity index (χ0v) is 8.22. The van der Waals surface area contributed by atoms with E-state index in [0.717, 1.165) is 18.1 Å². The average molecular weight is 204 g/mol. The second-order valence-corrected chi connectivity index (χ2v) is 3.50. The van der Waals surface area contributed by atoms with Gasteiger partial charge in [-0.15, -0.1) is 0 Å². The standard InChI is InChI=1S/C12H12O3/c13-12(14)8-10-6-7-11(15-10)9-4-2-1-3-5-9/h1-5,8,11H,6-7H2,(H,13,14)/b10-8+. The van der Waals surface area contributed by atoms with E-state index in [9.17, 15) is 4.79 Å². The molecule has 78 valence electrons. The second-order valence-electron chi connectivity index (χ2n) is 3.50. The smallest absolute Gasteiger partial charge is 0.331 e. The number of carboxylic acid groups (broad SMARTS) is 1. The third-order valence-corrected chi connectivity index (χ3v) is 2.40. The average Bonchev–Trinajstić information content (AvgIpc) is 2.67. The summed E-state index contributed by atoms with van der Waals surface area (Å²) in [5.41, 5.74) is 1.10. The number of carbonyl (C=O) groups is 1. The topological polar surface area (TPSA) is 46.5 Å². The summed E-state index contributed by atoms with van der Waals surface area (Å²) >= 11 is 0. The zero-order chi connectivity index (χ0) is 10.7. The van der Waals surface area contributed by atoms with Crippen LogP contribution in [0.3, 0.4) is 0 Å². The molecular formula is C12H12O3. The number of carboxylic acids is 1. The molecule has 1 fully saturated rings. The highest BCUT2D eigenvalue weighted by Crippen LogP contribution is 2.34. The van der Waals surface area contributed by atoms with Gasteiger partial charge in [0.05, 0.1) is 6.08 Å². The molecule has 0 radical (unpaired) electrons. The third-order valence-electron chi connectivity index (χ3n) is 2.40. The Hall–Kier alpha value is -1.77. The van der Waals surface area contributed by atoms with Crippen molar-refractivity contribution < 1.29 is 14.6 Å². The van der Waals surface area contributed by atoms with E-state index < -0.39 is 5.97 Å². The molecule has 15 heavy (non-hydrogen) atoms. The molecule has 2 rings (SSSR count). The fraction of sp³-hybridized carbons (Fsp3) is 0.250. The van der Waals surface area contributed by atoms with Gasteiger partial charge in [0.25, 0.3) is 0 Å². The van der Waals surface area contributed by atoms with E-state index in [-0.39, 0.29) is 6.10 Å². The Morgan fingerprint density at radius 2 is 2.13 bits per heavy atom. The predicted octanol–water partition coefficient (Wildman–Crippen LogP) is 2.51. The fourth-order valence-corrected chi connectivity index (χ4v) is 1.72. The Bertz CT molecular complexity index is 381. The number of rotatable bonds is 2. The molecule has 0 amide bonds. The van der Waals surface area contributed by atoms with E-state index in [2.05, 4.69) is 0 Å². The minimum absolute atomic E-state index is 0.0109. The van der Waals surface area contributed by atoms with Gasteiger partial charge in [-0.1, -0.05) is 30.3 Å². The van der Waals surface area contributed by atoms with E-state index in [1.165, 1.54) is 0 Å². The number of benzene rings is 1. The van der Waals surface area contributed by atoms with E-state index in [0.29, 0.717) is 12.2 Å². The molecule has 1 aliphatic rings. The van der Waals surface area contributed by atoms with Crippen LogP contribution in [0.5, 0.6) is 0 Å². The molecule has 0 aromatic heterocycles. The minimum atomic E-state index is -0.946. The van der Waals surface area contributed by atoms with Gasteiger partial charge in [-0.3, -0.25) is 0 Å². The van der Waals surface area contributed by atoms with Crippen LogP contribution in [-0.4, -0.2) is 11.1 Å². The van der Waals surface area contributed by atoms with Gasteiger partial charge in [0.2, 0.25) is 0 Å². The Morgan fingerprint density at radius 3 is 2.80 bits per heavy atom. The van der Waals surface area contributed by atoms with Gasteiger partial charge in [0, 0.05) is 6.42 Å². The molecule has 1 unspecified atom stereocenters. The summed E-state index contributed by atoms with van der Waals surface area (Å²) in [5, 5.41) is 8.57. The highest BCUT2D eigenvalue weighted by molar-refractivity contribution is 5.80. The second kappa shape index (κ2) is 4.17. The van der Waals surface area contributed by atoms with Crippen molar-refractivity contribution in [2.75, 3.05) is 0 Å². The van der Waals surface area contributed by atoms with E-state index >= 15 is 0 Å². The van der Waals surface area contributed by atoms with Crippen LogP contribution in [0.1, 0.15) is 24.5 Å². The number of hydrogen-bond donors (Lipinski definition) is 1. The summed E-state index contributed by atoms with van der Waals surface area (Å²) in [6.45, 7) is 0. The van der Waals surface area contributed by atoms with Gasteiger partial charge in [0.15, 0.2) is 0 Å². The molecule has 1 atom stereocenters. The monoisotopic (exact) mass is 204 g/mol. The summed E-state index contributed by atoms with van der Waals surface area (Å²) in [4.78, 5) is 10.4. The van der Waals surface area contributed by atoms with Crippen molar-refractivity contribution in [3.8, 4) is 0 Å². The first-order chi connectivity index (χ1) is 7.25. The molecule has 0 spiro atoms. The van der Waals surface area contributed by atoms with Crippen LogP contribution in [0.4, 0.5) is 0 Å². The Morgan fingerprint density at radius 1 is 1.40 bits per heavy atom. The van der Waals surface area contributed by atoms with Crippen molar-refractivity contribution in [2.24, 2.45) is 0 Å². The SMILES string of the molecule is O=C(O)/C=C1\CCC(c2ccccc2)O1. The maximum Gasteiger partial charge on any atom is 0.331 e. The molecule has 1 heterocycles. The van der Waals surface area contributed by atoms with Crippen molar-refractivity contribution in [1.29, 1.82) is 0 Å². The summed E-state index contributed by atoms with van der Waals surface area (Å²) < 4.78 is 5.54. The molecule has 1 aromatic carbocycles. The molecular weight excluding hydrogens is 192 g/mol. The highest BCUT2D eigenvalue weighted by atomic mass is 16.5. The molecule has 3 nitrogen and oxygen atoms in total. The van der Waals surface area contributed by atoms with Crippen molar-refractivity contribution in [3.63, 3.8) is 0 Å². The Labute approximate surface area is 88.0 Å². The lowest BCUT2D eigenvalue weighted by molar-refractivity contribution is -0.131. The summed E-state index contributed by atoms with van der Waals surface area (Å²) in [7, 11) is 0. The van der Waals surface area contributed by atoms with Crippen LogP contribution in [0.25, 0.3) is 0 Å². The molecule has 1 aliphatic heterocycles. The lowest BCUT2D eigenvalue weighted by Gasteiger charge is -2.10. The normalized spacial score (nSPS) is 22.7. The van der Waals surface area contributed by atoms with Gasteiger partial charge in [-0.05, 0) is 12.0 Å². The highest BCUT2D eigenvalue weighted by Gasteiger charge is 2.22. The van der Waals surface area contributed by atoms with Crippen molar-refractivity contribution in [3.05, 3.63) is 47.7 Å².